The molecular weight excluding hydrogens is 380 g/mol. The molecule has 0 amide bonds. The van der Waals surface area contributed by atoms with Gasteiger partial charge in [-0.3, -0.25) is 4.98 Å². The van der Waals surface area contributed by atoms with Gasteiger partial charge >= 0.3 is 0 Å². The largest absolute Gasteiger partial charge is 0.482 e. The van der Waals surface area contributed by atoms with Crippen molar-refractivity contribution in [2.24, 2.45) is 0 Å². The van der Waals surface area contributed by atoms with E-state index >= 15 is 0 Å². The molecule has 0 radical (unpaired) electrons. The van der Waals surface area contributed by atoms with Crippen LogP contribution in [-0.2, 0) is 0 Å². The highest BCUT2D eigenvalue weighted by atomic mass is 16.5. The molecule has 9 nitrogen and oxygen atoms in total. The summed E-state index contributed by atoms with van der Waals surface area (Å²) in [4.78, 5) is 4.37. The van der Waals surface area contributed by atoms with Gasteiger partial charge in [-0.15, -0.1) is 5.10 Å². The predicted octanol–water partition coefficient (Wildman–Crippen LogP) is 2.45. The quantitative estimate of drug-likeness (QED) is 0.548. The van der Waals surface area contributed by atoms with Crippen molar-refractivity contribution in [1.82, 2.24) is 34.9 Å². The number of aromatic nitrogens is 6. The Bertz CT molecular complexity index is 1250. The lowest BCUT2D eigenvalue weighted by Gasteiger charge is -2.27. The second-order valence-corrected chi connectivity index (χ2v) is 7.35. The lowest BCUT2D eigenvalue weighted by molar-refractivity contribution is 0.224. The maximum Gasteiger partial charge on any atom is 0.148 e. The Morgan fingerprint density at radius 1 is 1.33 bits per heavy atom. The topological polar surface area (TPSA) is 106 Å². The first kappa shape index (κ1) is 18.3. The van der Waals surface area contributed by atoms with Crippen LogP contribution < -0.4 is 10.1 Å². The van der Waals surface area contributed by atoms with E-state index < -0.39 is 0 Å². The Balaban J connectivity index is 1.60. The van der Waals surface area contributed by atoms with Crippen LogP contribution in [0.1, 0.15) is 36.0 Å². The maximum absolute atomic E-state index is 9.53. The summed E-state index contributed by atoms with van der Waals surface area (Å²) in [5, 5.41) is 25.9. The first-order valence-electron chi connectivity index (χ1n) is 9.77. The Hall–Kier alpha value is -3.77. The number of nitrogens with zero attached hydrogens (tertiary/aromatic N) is 7. The van der Waals surface area contributed by atoms with E-state index in [0.717, 1.165) is 35.7 Å². The fourth-order valence-corrected chi connectivity index (χ4v) is 3.65. The first-order chi connectivity index (χ1) is 14.7. The highest BCUT2D eigenvalue weighted by Gasteiger charge is 2.25. The Kier molecular flexibility index (Phi) is 4.41. The van der Waals surface area contributed by atoms with Crippen LogP contribution in [0.4, 0.5) is 0 Å². The molecule has 1 atom stereocenters. The molecule has 30 heavy (non-hydrogen) atoms. The number of fused-ring (bicyclic) bond motifs is 1. The van der Waals surface area contributed by atoms with E-state index in [9.17, 15) is 5.26 Å². The molecule has 150 valence electrons. The minimum Gasteiger partial charge on any atom is -0.482 e. The van der Waals surface area contributed by atoms with E-state index in [1.807, 2.05) is 49.0 Å². The van der Waals surface area contributed by atoms with Gasteiger partial charge in [0, 0.05) is 31.0 Å². The molecule has 0 unspecified atom stereocenters. The van der Waals surface area contributed by atoms with Gasteiger partial charge < -0.3 is 10.1 Å². The van der Waals surface area contributed by atoms with Gasteiger partial charge in [0.1, 0.15) is 34.7 Å². The molecule has 4 aromatic heterocycles. The summed E-state index contributed by atoms with van der Waals surface area (Å²) in [5.74, 6) is 0.555. The number of hydrogen-bond donors (Lipinski definition) is 1. The fraction of sp³-hybridized carbons (Fsp3) is 0.286. The smallest absolute Gasteiger partial charge is 0.148 e. The highest BCUT2D eigenvalue weighted by Crippen LogP contribution is 2.33. The molecule has 1 fully saturated rings. The molecule has 1 aliphatic rings. The Morgan fingerprint density at radius 3 is 2.90 bits per heavy atom. The SMILES string of the molecule is Cc1c(-c2cc(O[C@H](C)c3ccccn3)c3c(C#N)cnn3c2)nnn1C1CNC1. The van der Waals surface area contributed by atoms with Crippen LogP contribution >= 0.6 is 0 Å². The molecule has 0 saturated carbocycles. The molecule has 4 aromatic rings. The summed E-state index contributed by atoms with van der Waals surface area (Å²) >= 11 is 0. The van der Waals surface area contributed by atoms with E-state index in [0.29, 0.717) is 22.9 Å². The van der Waals surface area contributed by atoms with Crippen LogP contribution in [0.25, 0.3) is 16.8 Å². The summed E-state index contributed by atoms with van der Waals surface area (Å²) in [6.45, 7) is 5.73. The van der Waals surface area contributed by atoms with E-state index in [1.165, 1.54) is 0 Å². The lowest BCUT2D eigenvalue weighted by Crippen LogP contribution is -2.44. The average Bonchev–Trinajstić information content (AvgIpc) is 3.31. The number of nitriles is 1. The average molecular weight is 400 g/mol. The van der Waals surface area contributed by atoms with E-state index in [2.05, 4.69) is 31.8 Å². The van der Waals surface area contributed by atoms with Gasteiger partial charge in [-0.1, -0.05) is 11.3 Å². The molecule has 0 aliphatic carbocycles. The molecule has 1 aliphatic heterocycles. The van der Waals surface area contributed by atoms with Crippen LogP contribution in [0.5, 0.6) is 5.75 Å². The second-order valence-electron chi connectivity index (χ2n) is 7.35. The van der Waals surface area contributed by atoms with Crippen LogP contribution in [0.2, 0.25) is 0 Å². The van der Waals surface area contributed by atoms with Crippen molar-refractivity contribution in [3.8, 4) is 23.1 Å². The summed E-state index contributed by atoms with van der Waals surface area (Å²) in [5.41, 5.74) is 4.46. The first-order valence-corrected chi connectivity index (χ1v) is 9.77. The van der Waals surface area contributed by atoms with Crippen molar-refractivity contribution >= 4 is 5.52 Å². The van der Waals surface area contributed by atoms with Gasteiger partial charge in [0.05, 0.1) is 23.6 Å². The Labute approximate surface area is 172 Å². The summed E-state index contributed by atoms with van der Waals surface area (Å²) in [6, 6.07) is 10.1. The molecule has 5 rings (SSSR count). The van der Waals surface area contributed by atoms with Crippen LogP contribution in [0.15, 0.2) is 42.9 Å². The zero-order valence-electron chi connectivity index (χ0n) is 16.6. The van der Waals surface area contributed by atoms with Crippen LogP contribution in [0, 0.1) is 18.3 Å². The highest BCUT2D eigenvalue weighted by molar-refractivity contribution is 5.74. The van der Waals surface area contributed by atoms with Crippen molar-refractivity contribution in [2.75, 3.05) is 13.1 Å². The van der Waals surface area contributed by atoms with Crippen molar-refractivity contribution in [2.45, 2.75) is 26.0 Å². The van der Waals surface area contributed by atoms with Crippen molar-refractivity contribution in [1.29, 1.82) is 5.26 Å². The second kappa shape index (κ2) is 7.24. The monoisotopic (exact) mass is 400 g/mol. The molecule has 0 spiro atoms. The van der Waals surface area contributed by atoms with Gasteiger partial charge in [-0.2, -0.15) is 10.4 Å². The normalized spacial score (nSPS) is 15.0. The predicted molar refractivity (Wildman–Crippen MR) is 109 cm³/mol. The van der Waals surface area contributed by atoms with Crippen molar-refractivity contribution < 1.29 is 4.74 Å². The number of nitrogens with one attached hydrogen (secondary N) is 1. The number of rotatable bonds is 5. The molecule has 0 aromatic carbocycles. The molecule has 0 bridgehead atoms. The molecule has 5 heterocycles. The Morgan fingerprint density at radius 2 is 2.20 bits per heavy atom. The van der Waals surface area contributed by atoms with Gasteiger partial charge in [0.15, 0.2) is 0 Å². The minimum atomic E-state index is -0.301. The lowest BCUT2D eigenvalue weighted by atomic mass is 10.1. The summed E-state index contributed by atoms with van der Waals surface area (Å²) in [6.07, 6.45) is 4.83. The third-order valence-corrected chi connectivity index (χ3v) is 5.41. The van der Waals surface area contributed by atoms with Crippen LogP contribution in [0.3, 0.4) is 0 Å². The van der Waals surface area contributed by atoms with Gasteiger partial charge in [0.2, 0.25) is 0 Å². The number of ether oxygens (including phenoxy) is 1. The van der Waals surface area contributed by atoms with E-state index in [4.69, 9.17) is 4.74 Å². The maximum atomic E-state index is 9.53. The molecular formula is C21H20N8O. The molecule has 1 saturated heterocycles. The van der Waals surface area contributed by atoms with E-state index in [1.54, 1.807) is 16.9 Å². The van der Waals surface area contributed by atoms with Gasteiger partial charge in [-0.25, -0.2) is 9.20 Å². The molecule has 1 N–H and O–H groups in total. The summed E-state index contributed by atoms with van der Waals surface area (Å²) < 4.78 is 9.88. The van der Waals surface area contributed by atoms with Crippen LogP contribution in [-0.4, -0.2) is 42.7 Å². The fourth-order valence-electron chi connectivity index (χ4n) is 3.65. The van der Waals surface area contributed by atoms with E-state index in [-0.39, 0.29) is 6.10 Å². The van der Waals surface area contributed by atoms with Crippen molar-refractivity contribution in [3.63, 3.8) is 0 Å². The third-order valence-electron chi connectivity index (χ3n) is 5.41. The zero-order chi connectivity index (χ0) is 20.7. The third kappa shape index (κ3) is 2.98. The standard InChI is InChI=1S/C21H20N8O/c1-13-20(26-27-29(13)17-10-23-11-17)15-7-19(21-16(8-22)9-25-28(21)12-15)30-14(2)18-5-3-4-6-24-18/h3-7,9,12,14,17,23H,10-11H2,1-2H3/t14-/m1/s1. The van der Waals surface area contributed by atoms with Gasteiger partial charge in [0.25, 0.3) is 0 Å². The van der Waals surface area contributed by atoms with Crippen molar-refractivity contribution in [3.05, 3.63) is 59.8 Å². The number of pyridine rings is 2. The number of hydrogen-bond acceptors (Lipinski definition) is 7. The summed E-state index contributed by atoms with van der Waals surface area (Å²) in [7, 11) is 0. The zero-order valence-corrected chi connectivity index (χ0v) is 16.6. The minimum absolute atomic E-state index is 0.301. The van der Waals surface area contributed by atoms with Gasteiger partial charge in [-0.05, 0) is 32.0 Å². The molecule has 9 heteroatoms.